The Bertz CT molecular complexity index is 781. The molecule has 2 N–H and O–H groups in total. The molecule has 2 amide bonds. The molecule has 1 aliphatic heterocycles. The van der Waals surface area contributed by atoms with Gasteiger partial charge in [-0.15, -0.1) is 0 Å². The molecule has 2 fully saturated rings. The van der Waals surface area contributed by atoms with Gasteiger partial charge >= 0.3 is 11.8 Å². The molecule has 0 radical (unpaired) electrons. The molecular formula is C18H25N3O4S. The first-order valence-electron chi connectivity index (χ1n) is 9.01. The monoisotopic (exact) mass is 379 g/mol. The van der Waals surface area contributed by atoms with Gasteiger partial charge in [0.25, 0.3) is 0 Å². The quantitative estimate of drug-likeness (QED) is 0.753. The van der Waals surface area contributed by atoms with Gasteiger partial charge in [0.1, 0.15) is 0 Å². The summed E-state index contributed by atoms with van der Waals surface area (Å²) in [5, 5.41) is 5.09. The average molecular weight is 379 g/mol. The lowest BCUT2D eigenvalue weighted by atomic mass is 9.98. The fourth-order valence-electron chi connectivity index (χ4n) is 3.15. The van der Waals surface area contributed by atoms with Crippen molar-refractivity contribution in [1.82, 2.24) is 9.62 Å². The normalized spacial score (nSPS) is 19.1. The minimum absolute atomic E-state index is 0.177. The van der Waals surface area contributed by atoms with Gasteiger partial charge in [-0.1, -0.05) is 18.2 Å². The molecular weight excluding hydrogens is 354 g/mol. The Morgan fingerprint density at radius 2 is 1.73 bits per heavy atom. The number of hydrogen-bond donors (Lipinski definition) is 2. The highest BCUT2D eigenvalue weighted by atomic mass is 32.2. The summed E-state index contributed by atoms with van der Waals surface area (Å²) in [7, 11) is -3.11. The number of nitrogens with one attached hydrogen (secondary N) is 2. The lowest BCUT2D eigenvalue weighted by molar-refractivity contribution is -0.136. The third-order valence-electron chi connectivity index (χ3n) is 5.03. The van der Waals surface area contributed by atoms with Crippen molar-refractivity contribution in [3.05, 3.63) is 29.8 Å². The van der Waals surface area contributed by atoms with Crippen molar-refractivity contribution in [2.24, 2.45) is 5.92 Å². The number of carbonyl (C=O) groups excluding carboxylic acids is 2. The van der Waals surface area contributed by atoms with E-state index in [9.17, 15) is 18.0 Å². The Morgan fingerprint density at radius 1 is 1.08 bits per heavy atom. The molecule has 0 bridgehead atoms. The van der Waals surface area contributed by atoms with Crippen LogP contribution in [0.4, 0.5) is 5.69 Å². The molecule has 0 unspecified atom stereocenters. The Labute approximate surface area is 154 Å². The summed E-state index contributed by atoms with van der Waals surface area (Å²) in [6, 6.07) is 7.26. The third kappa shape index (κ3) is 4.42. The molecule has 1 heterocycles. The minimum atomic E-state index is -3.11. The second-order valence-electron chi connectivity index (χ2n) is 7.07. The summed E-state index contributed by atoms with van der Waals surface area (Å²) in [6.45, 7) is 3.23. The highest BCUT2D eigenvalue weighted by molar-refractivity contribution is 7.90. The molecule has 1 aromatic carbocycles. The molecule has 1 saturated heterocycles. The van der Waals surface area contributed by atoms with Crippen molar-refractivity contribution in [3.63, 3.8) is 0 Å². The van der Waals surface area contributed by atoms with Gasteiger partial charge in [-0.3, -0.25) is 9.59 Å². The standard InChI is InChI=1S/C18H25N3O4S/c1-13-4-2-3-5-16(13)20-18(23)17(22)19-12-14-8-10-21(11-9-14)26(24,25)15-6-7-15/h2-5,14-15H,6-12H2,1H3,(H,19,22)(H,20,23). The van der Waals surface area contributed by atoms with E-state index in [0.29, 0.717) is 38.2 Å². The molecule has 7 nitrogen and oxygen atoms in total. The van der Waals surface area contributed by atoms with Crippen LogP contribution in [0.15, 0.2) is 24.3 Å². The van der Waals surface area contributed by atoms with Crippen LogP contribution in [0.3, 0.4) is 0 Å². The van der Waals surface area contributed by atoms with Gasteiger partial charge < -0.3 is 10.6 Å². The van der Waals surface area contributed by atoms with Gasteiger partial charge in [-0.2, -0.15) is 0 Å². The topological polar surface area (TPSA) is 95.6 Å². The first-order valence-corrected chi connectivity index (χ1v) is 10.5. The Hall–Kier alpha value is -1.93. The van der Waals surface area contributed by atoms with E-state index in [-0.39, 0.29) is 11.2 Å². The van der Waals surface area contributed by atoms with Crippen LogP contribution in [0.25, 0.3) is 0 Å². The number of sulfonamides is 1. The zero-order valence-electron chi connectivity index (χ0n) is 14.9. The van der Waals surface area contributed by atoms with E-state index >= 15 is 0 Å². The van der Waals surface area contributed by atoms with E-state index in [1.165, 1.54) is 0 Å². The van der Waals surface area contributed by atoms with Crippen molar-refractivity contribution in [3.8, 4) is 0 Å². The Kier molecular flexibility index (Phi) is 5.62. The highest BCUT2D eigenvalue weighted by Gasteiger charge is 2.41. The first kappa shape index (κ1) is 18.8. The predicted molar refractivity (Wildman–Crippen MR) is 99.1 cm³/mol. The van der Waals surface area contributed by atoms with Gasteiger partial charge in [-0.05, 0) is 50.2 Å². The second kappa shape index (κ2) is 7.75. The molecule has 1 aliphatic carbocycles. The number of aryl methyl sites for hydroxylation is 1. The number of piperidine rings is 1. The Balaban J connectivity index is 1.42. The van der Waals surface area contributed by atoms with Gasteiger partial charge in [0.05, 0.1) is 5.25 Å². The fourth-order valence-corrected chi connectivity index (χ4v) is 5.03. The smallest absolute Gasteiger partial charge is 0.313 e. The number of rotatable bonds is 5. The van der Waals surface area contributed by atoms with Crippen LogP contribution in [-0.2, 0) is 19.6 Å². The number of carbonyl (C=O) groups is 2. The highest BCUT2D eigenvalue weighted by Crippen LogP contribution is 2.33. The van der Waals surface area contributed by atoms with Crippen LogP contribution in [-0.4, -0.2) is 49.4 Å². The SMILES string of the molecule is Cc1ccccc1NC(=O)C(=O)NCC1CCN(S(=O)(=O)C2CC2)CC1. The summed E-state index contributed by atoms with van der Waals surface area (Å²) in [5.74, 6) is -1.16. The van der Waals surface area contributed by atoms with Crippen molar-refractivity contribution in [2.45, 2.75) is 37.9 Å². The maximum absolute atomic E-state index is 12.2. The number of nitrogens with zero attached hydrogens (tertiary/aromatic N) is 1. The summed E-state index contributed by atoms with van der Waals surface area (Å²) in [5.41, 5.74) is 1.50. The number of amides is 2. The first-order chi connectivity index (χ1) is 12.4. The lowest BCUT2D eigenvalue weighted by Crippen LogP contribution is -2.44. The van der Waals surface area contributed by atoms with Crippen molar-refractivity contribution >= 4 is 27.5 Å². The van der Waals surface area contributed by atoms with Gasteiger partial charge in [0.15, 0.2) is 0 Å². The molecule has 26 heavy (non-hydrogen) atoms. The van der Waals surface area contributed by atoms with Crippen LogP contribution in [0.2, 0.25) is 0 Å². The zero-order chi connectivity index (χ0) is 18.7. The number of benzene rings is 1. The van der Waals surface area contributed by atoms with E-state index in [0.717, 1.165) is 18.4 Å². The van der Waals surface area contributed by atoms with Crippen LogP contribution in [0, 0.1) is 12.8 Å². The van der Waals surface area contributed by atoms with Crippen LogP contribution >= 0.6 is 0 Å². The molecule has 3 rings (SSSR count). The summed E-state index contributed by atoms with van der Waals surface area (Å²) in [6.07, 6.45) is 2.94. The maximum atomic E-state index is 12.2. The molecule has 0 aromatic heterocycles. The number of hydrogen-bond acceptors (Lipinski definition) is 4. The summed E-state index contributed by atoms with van der Waals surface area (Å²) in [4.78, 5) is 24.0. The number of anilines is 1. The predicted octanol–water partition coefficient (Wildman–Crippen LogP) is 1.25. The van der Waals surface area contributed by atoms with Crippen molar-refractivity contribution in [2.75, 3.05) is 25.0 Å². The molecule has 142 valence electrons. The zero-order valence-corrected chi connectivity index (χ0v) is 15.7. The number of para-hydroxylation sites is 1. The van der Waals surface area contributed by atoms with E-state index in [2.05, 4.69) is 10.6 Å². The molecule has 2 aliphatic rings. The minimum Gasteiger partial charge on any atom is -0.348 e. The largest absolute Gasteiger partial charge is 0.348 e. The van der Waals surface area contributed by atoms with Gasteiger partial charge in [-0.25, -0.2) is 12.7 Å². The van der Waals surface area contributed by atoms with Crippen molar-refractivity contribution < 1.29 is 18.0 Å². The molecule has 0 atom stereocenters. The van der Waals surface area contributed by atoms with Crippen LogP contribution in [0.1, 0.15) is 31.2 Å². The maximum Gasteiger partial charge on any atom is 0.313 e. The molecule has 0 spiro atoms. The Morgan fingerprint density at radius 3 is 2.35 bits per heavy atom. The average Bonchev–Trinajstić information content (AvgIpc) is 3.47. The van der Waals surface area contributed by atoms with Gasteiger partial charge in [0, 0.05) is 25.3 Å². The lowest BCUT2D eigenvalue weighted by Gasteiger charge is -2.31. The van der Waals surface area contributed by atoms with E-state index < -0.39 is 21.8 Å². The summed E-state index contributed by atoms with van der Waals surface area (Å²) >= 11 is 0. The van der Waals surface area contributed by atoms with Crippen LogP contribution < -0.4 is 10.6 Å². The second-order valence-corrected chi connectivity index (χ2v) is 9.28. The van der Waals surface area contributed by atoms with E-state index in [1.807, 2.05) is 19.1 Å². The molecule has 1 aromatic rings. The van der Waals surface area contributed by atoms with E-state index in [4.69, 9.17) is 0 Å². The van der Waals surface area contributed by atoms with Gasteiger partial charge in [0.2, 0.25) is 10.0 Å². The molecule has 8 heteroatoms. The van der Waals surface area contributed by atoms with Crippen LogP contribution in [0.5, 0.6) is 0 Å². The van der Waals surface area contributed by atoms with E-state index in [1.54, 1.807) is 16.4 Å². The fraction of sp³-hybridized carbons (Fsp3) is 0.556. The van der Waals surface area contributed by atoms with Crippen molar-refractivity contribution in [1.29, 1.82) is 0 Å². The summed E-state index contributed by atoms with van der Waals surface area (Å²) < 4.78 is 26.0. The third-order valence-corrected chi connectivity index (χ3v) is 7.43. The molecule has 1 saturated carbocycles.